The van der Waals surface area contributed by atoms with Gasteiger partial charge in [-0.3, -0.25) is 0 Å². The zero-order valence-corrected chi connectivity index (χ0v) is 9.56. The molecule has 0 rings (SSSR count). The molecule has 0 unspecified atom stereocenters. The van der Waals surface area contributed by atoms with E-state index >= 15 is 0 Å². The van der Waals surface area contributed by atoms with Gasteiger partial charge in [-0.15, -0.1) is 0 Å². The first-order valence-corrected chi connectivity index (χ1v) is 3.88. The minimum absolute atomic E-state index is 0. The molecule has 0 saturated heterocycles. The number of aliphatic hydroxyl groups is 1. The fraction of sp³-hybridized carbons (Fsp3) is 1.00. The van der Waals surface area contributed by atoms with Crippen LogP contribution in [0.3, 0.4) is 0 Å². The molecule has 0 aliphatic heterocycles. The smallest absolute Gasteiger partial charge is 1.00 e. The van der Waals surface area contributed by atoms with E-state index in [-0.39, 0.29) is 31.0 Å². The maximum absolute atomic E-state index is 8.43. The van der Waals surface area contributed by atoms with E-state index in [4.69, 9.17) is 5.11 Å². The molecule has 0 fully saturated rings. The Morgan fingerprint density at radius 1 is 1.20 bits per heavy atom. The Morgan fingerprint density at radius 2 is 1.80 bits per heavy atom. The Bertz CT molecular complexity index is 60.1. The van der Waals surface area contributed by atoms with Crippen molar-refractivity contribution >= 4 is 0 Å². The second-order valence-electron chi connectivity index (χ2n) is 2.97. The summed E-state index contributed by atoms with van der Waals surface area (Å²) < 4.78 is 0. The quantitative estimate of drug-likeness (QED) is 0.410. The number of hydrogen-bond donors (Lipinski definition) is 1. The van der Waals surface area contributed by atoms with Gasteiger partial charge in [-0.05, 0) is 12.3 Å². The Labute approximate surface area is 88.0 Å². The number of rotatable bonds is 5. The van der Waals surface area contributed by atoms with Crippen LogP contribution in [0.15, 0.2) is 0 Å². The van der Waals surface area contributed by atoms with Crippen LogP contribution < -0.4 is 29.6 Å². The van der Waals surface area contributed by atoms with Gasteiger partial charge in [0.15, 0.2) is 0 Å². The van der Waals surface area contributed by atoms with Crippen molar-refractivity contribution in [1.29, 1.82) is 0 Å². The summed E-state index contributed by atoms with van der Waals surface area (Å²) in [5.41, 5.74) is 0. The molecular weight excluding hydrogens is 135 g/mol. The second kappa shape index (κ2) is 9.96. The van der Waals surface area contributed by atoms with Gasteiger partial charge in [0.2, 0.25) is 0 Å². The van der Waals surface area contributed by atoms with Crippen molar-refractivity contribution in [2.45, 2.75) is 39.5 Å². The summed E-state index contributed by atoms with van der Waals surface area (Å²) in [6.07, 6.45) is 4.75. The summed E-state index contributed by atoms with van der Waals surface area (Å²) in [5, 5.41) is 8.43. The molecule has 0 bridgehead atoms. The van der Waals surface area contributed by atoms with Gasteiger partial charge in [-0.1, -0.05) is 33.1 Å². The van der Waals surface area contributed by atoms with Crippen molar-refractivity contribution in [3.63, 3.8) is 0 Å². The topological polar surface area (TPSA) is 20.2 Å². The fourth-order valence-electron chi connectivity index (χ4n) is 0.841. The zero-order chi connectivity index (χ0) is 7.11. The minimum atomic E-state index is 0. The number of unbranched alkanes of at least 4 members (excludes halogenated alkanes) is 2. The van der Waals surface area contributed by atoms with Crippen LogP contribution in [0.4, 0.5) is 0 Å². The Kier molecular flexibility index (Phi) is 13.5. The van der Waals surface area contributed by atoms with E-state index in [0.29, 0.717) is 6.61 Å². The van der Waals surface area contributed by atoms with E-state index in [1.807, 2.05) is 0 Å². The maximum atomic E-state index is 8.43. The van der Waals surface area contributed by atoms with Crippen LogP contribution in [0.2, 0.25) is 0 Å². The predicted molar refractivity (Wildman–Crippen MR) is 41.5 cm³/mol. The molecule has 1 N–H and O–H groups in total. The van der Waals surface area contributed by atoms with E-state index in [1.54, 1.807) is 0 Å². The predicted octanol–water partition coefficient (Wildman–Crippen LogP) is -0.688. The molecular formula is C8H19NaO. The van der Waals surface area contributed by atoms with Crippen LogP contribution in [0.1, 0.15) is 41.0 Å². The van der Waals surface area contributed by atoms with Gasteiger partial charge in [0.25, 0.3) is 0 Å². The van der Waals surface area contributed by atoms with Gasteiger partial charge in [-0.25, -0.2) is 0 Å². The molecule has 0 aromatic rings. The molecule has 10 heavy (non-hydrogen) atoms. The van der Waals surface area contributed by atoms with Crippen LogP contribution >= 0.6 is 0 Å². The molecule has 0 aliphatic rings. The first-order chi connectivity index (χ1) is 4.27. The van der Waals surface area contributed by atoms with E-state index in [1.165, 1.54) is 19.3 Å². The maximum Gasteiger partial charge on any atom is 1.00 e. The molecule has 1 nitrogen and oxygen atoms in total. The third-order valence-electron chi connectivity index (χ3n) is 1.44. The average molecular weight is 154 g/mol. The van der Waals surface area contributed by atoms with Crippen LogP contribution in [-0.2, 0) is 0 Å². The van der Waals surface area contributed by atoms with E-state index in [2.05, 4.69) is 13.8 Å². The van der Waals surface area contributed by atoms with Gasteiger partial charge in [0, 0.05) is 6.61 Å². The van der Waals surface area contributed by atoms with Crippen molar-refractivity contribution in [3.8, 4) is 0 Å². The molecule has 0 amide bonds. The Hall–Kier alpha value is 0.960. The standard InChI is InChI=1S/C8H18O.Na.H/c1-8(2)6-4-3-5-7-9;;/h8-9H,3-7H2,1-2H3;;/q;+1;-1. The number of aliphatic hydroxyl groups excluding tert-OH is 1. The molecule has 0 aromatic carbocycles. The van der Waals surface area contributed by atoms with Crippen LogP contribution in [-0.4, -0.2) is 11.7 Å². The van der Waals surface area contributed by atoms with Crippen molar-refractivity contribution in [3.05, 3.63) is 0 Å². The van der Waals surface area contributed by atoms with Crippen molar-refractivity contribution in [2.24, 2.45) is 5.92 Å². The third-order valence-corrected chi connectivity index (χ3v) is 1.44. The number of hydrogen-bond acceptors (Lipinski definition) is 1. The molecule has 0 aromatic heterocycles. The van der Waals surface area contributed by atoms with Crippen LogP contribution in [0, 0.1) is 5.92 Å². The molecule has 0 saturated carbocycles. The summed E-state index contributed by atoms with van der Waals surface area (Å²) in [6, 6.07) is 0. The molecule has 0 atom stereocenters. The van der Waals surface area contributed by atoms with Gasteiger partial charge in [0.1, 0.15) is 0 Å². The van der Waals surface area contributed by atoms with Gasteiger partial charge in [0.05, 0.1) is 0 Å². The SMILES string of the molecule is CC(C)CCCCCO.[H-].[Na+]. The summed E-state index contributed by atoms with van der Waals surface area (Å²) >= 11 is 0. The first-order valence-electron chi connectivity index (χ1n) is 3.88. The second-order valence-corrected chi connectivity index (χ2v) is 2.97. The largest absolute Gasteiger partial charge is 1.00 e. The summed E-state index contributed by atoms with van der Waals surface area (Å²) in [7, 11) is 0. The zero-order valence-electron chi connectivity index (χ0n) is 8.56. The normalized spacial score (nSPS) is 9.60. The van der Waals surface area contributed by atoms with Crippen molar-refractivity contribution < 1.29 is 36.1 Å². The Morgan fingerprint density at radius 3 is 2.20 bits per heavy atom. The van der Waals surface area contributed by atoms with Crippen LogP contribution in [0.5, 0.6) is 0 Å². The average Bonchev–Trinajstić information content (AvgIpc) is 1.80. The summed E-state index contributed by atoms with van der Waals surface area (Å²) in [6.45, 7) is 4.83. The molecule has 2 heteroatoms. The van der Waals surface area contributed by atoms with Gasteiger partial charge < -0.3 is 6.53 Å². The van der Waals surface area contributed by atoms with Crippen LogP contribution in [0.25, 0.3) is 0 Å². The van der Waals surface area contributed by atoms with Crippen molar-refractivity contribution in [2.75, 3.05) is 6.61 Å². The fourth-order valence-corrected chi connectivity index (χ4v) is 0.841. The molecule has 58 valence electrons. The van der Waals surface area contributed by atoms with E-state index in [0.717, 1.165) is 12.3 Å². The van der Waals surface area contributed by atoms with E-state index < -0.39 is 0 Å². The monoisotopic (exact) mass is 154 g/mol. The summed E-state index contributed by atoms with van der Waals surface area (Å²) in [5.74, 6) is 0.823. The van der Waals surface area contributed by atoms with Gasteiger partial charge >= 0.3 is 29.6 Å². The molecule has 0 heterocycles. The Balaban J connectivity index is -0.000000320. The molecule has 0 aliphatic carbocycles. The third kappa shape index (κ3) is 11.7. The van der Waals surface area contributed by atoms with Crippen molar-refractivity contribution in [1.82, 2.24) is 0 Å². The minimum Gasteiger partial charge on any atom is -1.00 e. The first kappa shape index (κ1) is 13.5. The van der Waals surface area contributed by atoms with Gasteiger partial charge in [-0.2, -0.15) is 0 Å². The molecule has 0 spiro atoms. The van der Waals surface area contributed by atoms with E-state index in [9.17, 15) is 0 Å². The molecule has 0 radical (unpaired) electrons. The summed E-state index contributed by atoms with van der Waals surface area (Å²) in [4.78, 5) is 0.